The van der Waals surface area contributed by atoms with E-state index in [1.54, 1.807) is 18.9 Å². The van der Waals surface area contributed by atoms with Gasteiger partial charge >= 0.3 is 0 Å². The number of aromatic nitrogens is 1. The SMILES string of the molecule is COc1ccc2c(OC3C[C@H]4C(=O)N[C@]5(C(=O)NS(=O)(=O)C6(C)CC6)C[C@H]5/C=C\CC[C@@H](C)C[C@@H](C)CC(=O)N4C3)cc(-c3ccc(OC(C)C)cc3)nc2c1. The van der Waals surface area contributed by atoms with Crippen LogP contribution in [0.1, 0.15) is 86.0 Å². The average molecular weight is 787 g/mol. The van der Waals surface area contributed by atoms with Gasteiger partial charge in [0.15, 0.2) is 0 Å². The molecule has 0 spiro atoms. The van der Waals surface area contributed by atoms with Crippen molar-refractivity contribution in [3.63, 3.8) is 0 Å². The van der Waals surface area contributed by atoms with Crippen LogP contribution in [-0.4, -0.2) is 78.2 Å². The Balaban J connectivity index is 1.19. The Bertz CT molecular complexity index is 2130. The summed E-state index contributed by atoms with van der Waals surface area (Å²) in [5, 5.41) is 3.71. The van der Waals surface area contributed by atoms with E-state index in [0.29, 0.717) is 41.5 Å². The highest BCUT2D eigenvalue weighted by atomic mass is 32.2. The van der Waals surface area contributed by atoms with Crippen molar-refractivity contribution >= 4 is 38.6 Å². The summed E-state index contributed by atoms with van der Waals surface area (Å²) in [7, 11) is -2.35. The zero-order valence-corrected chi connectivity index (χ0v) is 34.0. The van der Waals surface area contributed by atoms with Crippen molar-refractivity contribution in [2.45, 2.75) is 115 Å². The van der Waals surface area contributed by atoms with E-state index in [0.717, 1.165) is 36.0 Å². The van der Waals surface area contributed by atoms with Gasteiger partial charge in [0.05, 0.1) is 35.7 Å². The van der Waals surface area contributed by atoms with Gasteiger partial charge in [0, 0.05) is 41.8 Å². The first-order valence-corrected chi connectivity index (χ1v) is 21.4. The Hall–Kier alpha value is -4.65. The maximum absolute atomic E-state index is 14.4. The van der Waals surface area contributed by atoms with Gasteiger partial charge in [-0.15, -0.1) is 0 Å². The fraction of sp³-hybridized carbons (Fsp3) is 0.535. The lowest BCUT2D eigenvalue weighted by molar-refractivity contribution is -0.140. The van der Waals surface area contributed by atoms with Gasteiger partial charge in [-0.1, -0.05) is 26.0 Å². The fourth-order valence-corrected chi connectivity index (χ4v) is 9.43. The Morgan fingerprint density at radius 1 is 1.02 bits per heavy atom. The van der Waals surface area contributed by atoms with Crippen molar-refractivity contribution in [1.82, 2.24) is 19.9 Å². The van der Waals surface area contributed by atoms with Crippen molar-refractivity contribution in [2.24, 2.45) is 17.8 Å². The van der Waals surface area contributed by atoms with Crippen LogP contribution in [0.4, 0.5) is 0 Å². The van der Waals surface area contributed by atoms with E-state index in [9.17, 15) is 22.8 Å². The highest BCUT2D eigenvalue weighted by molar-refractivity contribution is 7.91. The van der Waals surface area contributed by atoms with Gasteiger partial charge in [-0.3, -0.25) is 19.1 Å². The van der Waals surface area contributed by atoms with Gasteiger partial charge in [0.25, 0.3) is 5.91 Å². The topological polar surface area (TPSA) is 153 Å². The monoisotopic (exact) mass is 786 g/mol. The fourth-order valence-electron chi connectivity index (χ4n) is 8.12. The molecule has 2 aliphatic heterocycles. The van der Waals surface area contributed by atoms with Gasteiger partial charge in [-0.25, -0.2) is 13.4 Å². The summed E-state index contributed by atoms with van der Waals surface area (Å²) in [5.74, 6) is 0.596. The number of amides is 3. The second-order valence-corrected chi connectivity index (χ2v) is 19.1. The number of carbonyl (C=O) groups excluding carboxylic acids is 3. The molecule has 1 saturated heterocycles. The molecule has 6 atom stereocenters. The molecule has 0 bridgehead atoms. The predicted octanol–water partition coefficient (Wildman–Crippen LogP) is 6.32. The minimum absolute atomic E-state index is 0.0331. The molecule has 7 rings (SSSR count). The molecule has 3 aromatic rings. The number of pyridine rings is 1. The molecule has 2 aliphatic carbocycles. The van der Waals surface area contributed by atoms with Crippen LogP contribution in [0.15, 0.2) is 60.7 Å². The highest BCUT2D eigenvalue weighted by Gasteiger charge is 2.63. The normalized spacial score (nSPS) is 28.3. The summed E-state index contributed by atoms with van der Waals surface area (Å²) < 4.78 is 45.8. The number of fused-ring (bicyclic) bond motifs is 3. The highest BCUT2D eigenvalue weighted by Crippen LogP contribution is 2.48. The summed E-state index contributed by atoms with van der Waals surface area (Å²) in [6.45, 7) is 9.96. The third kappa shape index (κ3) is 8.24. The Labute approximate surface area is 329 Å². The number of nitrogens with zero attached hydrogens (tertiary/aromatic N) is 2. The minimum atomic E-state index is -3.95. The molecule has 2 N–H and O–H groups in total. The molecule has 13 heteroatoms. The number of ether oxygens (including phenoxy) is 3. The third-order valence-corrected chi connectivity index (χ3v) is 14.0. The summed E-state index contributed by atoms with van der Waals surface area (Å²) >= 11 is 0. The lowest BCUT2D eigenvalue weighted by Crippen LogP contribution is -2.57. The first-order chi connectivity index (χ1) is 26.6. The van der Waals surface area contributed by atoms with Crippen LogP contribution in [0.25, 0.3) is 22.2 Å². The number of hydrogen-bond donors (Lipinski definition) is 2. The summed E-state index contributed by atoms with van der Waals surface area (Å²) in [5.41, 5.74) is 0.725. The lowest BCUT2D eigenvalue weighted by Gasteiger charge is -2.28. The number of sulfonamides is 1. The molecule has 3 heterocycles. The maximum atomic E-state index is 14.4. The molecular formula is C43H54N4O8S. The van der Waals surface area contributed by atoms with Crippen molar-refractivity contribution in [1.29, 1.82) is 0 Å². The molecular weight excluding hydrogens is 733 g/mol. The molecule has 12 nitrogen and oxygen atoms in total. The molecule has 4 aliphatic rings. The van der Waals surface area contributed by atoms with Crippen molar-refractivity contribution in [2.75, 3.05) is 13.7 Å². The molecule has 1 aromatic heterocycles. The standard InChI is InChI=1S/C43H54N4O8S/c1-26(2)54-31-13-11-29(12-14-31)35-23-38(34-16-15-32(53-6)21-36(34)44-35)55-33-22-37-40(49)45-43(41(50)46-56(51,52)42(5)17-18-42)24-30(43)10-8-7-9-27(3)19-28(4)20-39(48)47(37)25-33/h8,10-16,21,23,26-28,30,33,37H,7,9,17-20,22,24-25H2,1-6H3,(H,45,49)(H,46,50)/b10-8-/t27-,28-,30-,33?,37+,43-/m1/s1. The molecule has 3 fully saturated rings. The van der Waals surface area contributed by atoms with E-state index in [-0.39, 0.29) is 49.7 Å². The van der Waals surface area contributed by atoms with Crippen molar-refractivity contribution in [3.8, 4) is 28.5 Å². The molecule has 300 valence electrons. The molecule has 3 amide bonds. The summed E-state index contributed by atoms with van der Waals surface area (Å²) in [6, 6.07) is 14.2. The molecule has 2 aromatic carbocycles. The van der Waals surface area contributed by atoms with E-state index in [1.807, 2.05) is 74.5 Å². The van der Waals surface area contributed by atoms with Gasteiger partial charge < -0.3 is 24.4 Å². The number of rotatable bonds is 9. The molecule has 56 heavy (non-hydrogen) atoms. The number of hydrogen-bond acceptors (Lipinski definition) is 9. The first kappa shape index (κ1) is 39.6. The van der Waals surface area contributed by atoms with Crippen molar-refractivity contribution < 1.29 is 37.0 Å². The Morgan fingerprint density at radius 3 is 2.45 bits per heavy atom. The smallest absolute Gasteiger partial charge is 0.259 e. The zero-order valence-electron chi connectivity index (χ0n) is 33.2. The number of allylic oxidation sites excluding steroid dienone is 1. The average Bonchev–Trinajstić information content (AvgIpc) is 4.02. The summed E-state index contributed by atoms with van der Waals surface area (Å²) in [4.78, 5) is 48.9. The van der Waals surface area contributed by atoms with Crippen LogP contribution in [0.5, 0.6) is 17.2 Å². The second kappa shape index (κ2) is 15.4. The number of nitrogens with one attached hydrogen (secondary N) is 2. The molecule has 0 radical (unpaired) electrons. The maximum Gasteiger partial charge on any atom is 0.259 e. The molecule has 2 saturated carbocycles. The second-order valence-electron chi connectivity index (χ2n) is 16.9. The van der Waals surface area contributed by atoms with Crippen LogP contribution < -0.4 is 24.2 Å². The lowest BCUT2D eigenvalue weighted by atomic mass is 9.91. The van der Waals surface area contributed by atoms with Crippen LogP contribution >= 0.6 is 0 Å². The third-order valence-electron chi connectivity index (χ3n) is 11.8. The zero-order chi connectivity index (χ0) is 40.0. The largest absolute Gasteiger partial charge is 0.497 e. The van der Waals surface area contributed by atoms with E-state index < -0.39 is 44.3 Å². The van der Waals surface area contributed by atoms with E-state index in [2.05, 4.69) is 23.9 Å². The number of carbonyl (C=O) groups is 3. The van der Waals surface area contributed by atoms with Gasteiger partial charge in [-0.05, 0) is 108 Å². The summed E-state index contributed by atoms with van der Waals surface area (Å²) in [6.07, 6.45) is 7.60. The van der Waals surface area contributed by atoms with Crippen molar-refractivity contribution in [3.05, 3.63) is 60.7 Å². The van der Waals surface area contributed by atoms with E-state index >= 15 is 0 Å². The number of benzene rings is 2. The Morgan fingerprint density at radius 2 is 1.75 bits per heavy atom. The minimum Gasteiger partial charge on any atom is -0.497 e. The van der Waals surface area contributed by atoms with Crippen LogP contribution in [0.3, 0.4) is 0 Å². The van der Waals surface area contributed by atoms with Gasteiger partial charge in [-0.2, -0.15) is 0 Å². The van der Waals surface area contributed by atoms with Gasteiger partial charge in [0.1, 0.15) is 34.9 Å². The predicted molar refractivity (Wildman–Crippen MR) is 214 cm³/mol. The van der Waals surface area contributed by atoms with Crippen LogP contribution in [0, 0.1) is 17.8 Å². The van der Waals surface area contributed by atoms with E-state index in [1.165, 1.54) is 0 Å². The first-order valence-electron chi connectivity index (χ1n) is 19.9. The quantitative estimate of drug-likeness (QED) is 0.237. The van der Waals surface area contributed by atoms with Crippen LogP contribution in [-0.2, 0) is 24.4 Å². The van der Waals surface area contributed by atoms with Gasteiger partial charge in [0.2, 0.25) is 21.8 Å². The Kier molecular flexibility index (Phi) is 10.9. The molecule has 1 unspecified atom stereocenters. The number of methoxy groups -OCH3 is 1. The van der Waals surface area contributed by atoms with Crippen LogP contribution in [0.2, 0.25) is 0 Å². The van der Waals surface area contributed by atoms with E-state index in [4.69, 9.17) is 19.2 Å².